The Morgan fingerprint density at radius 2 is 2.05 bits per heavy atom. The number of nitrogens with zero attached hydrogens (tertiary/aromatic N) is 1. The summed E-state index contributed by atoms with van der Waals surface area (Å²) < 4.78 is 4.81. The van der Waals surface area contributed by atoms with Gasteiger partial charge in [-0.05, 0) is 25.7 Å². The number of carboxylic acid groups (broad SMARTS) is 1. The van der Waals surface area contributed by atoms with Crippen molar-refractivity contribution in [3.8, 4) is 0 Å². The van der Waals surface area contributed by atoms with E-state index in [1.165, 1.54) is 12.0 Å². The minimum absolute atomic E-state index is 0.331. The van der Waals surface area contributed by atoms with E-state index in [9.17, 15) is 14.4 Å². The van der Waals surface area contributed by atoms with E-state index < -0.39 is 18.0 Å². The van der Waals surface area contributed by atoms with Gasteiger partial charge in [0.1, 0.15) is 12.6 Å². The third kappa shape index (κ3) is 6.94. The van der Waals surface area contributed by atoms with Gasteiger partial charge < -0.3 is 25.4 Å². The van der Waals surface area contributed by atoms with Gasteiger partial charge >= 0.3 is 12.0 Å². The van der Waals surface area contributed by atoms with Crippen molar-refractivity contribution in [2.45, 2.75) is 25.8 Å². The molecule has 0 aromatic rings. The molecule has 0 aliphatic heterocycles. The number of ether oxygens (including phenoxy) is 1. The van der Waals surface area contributed by atoms with Crippen molar-refractivity contribution in [3.63, 3.8) is 0 Å². The summed E-state index contributed by atoms with van der Waals surface area (Å²) in [5.74, 6) is -1.02. The highest BCUT2D eigenvalue weighted by Crippen LogP contribution is 2.29. The van der Waals surface area contributed by atoms with E-state index >= 15 is 0 Å². The number of carbonyl (C=O) groups excluding carboxylic acids is 2. The van der Waals surface area contributed by atoms with Gasteiger partial charge in [-0.3, -0.25) is 9.59 Å². The third-order valence-electron chi connectivity index (χ3n) is 3.13. The van der Waals surface area contributed by atoms with Crippen LogP contribution in [0.4, 0.5) is 4.79 Å². The number of methoxy groups -OCH3 is 1. The number of urea groups is 1. The second-order valence-corrected chi connectivity index (χ2v) is 5.17. The van der Waals surface area contributed by atoms with Crippen molar-refractivity contribution in [3.05, 3.63) is 0 Å². The highest BCUT2D eigenvalue weighted by Gasteiger charge is 2.29. The Hall–Kier alpha value is -1.83. The van der Waals surface area contributed by atoms with Gasteiger partial charge in [-0.15, -0.1) is 0 Å². The molecule has 0 aromatic carbocycles. The summed E-state index contributed by atoms with van der Waals surface area (Å²) in [5, 5.41) is 14.0. The fourth-order valence-electron chi connectivity index (χ4n) is 1.77. The van der Waals surface area contributed by atoms with E-state index in [2.05, 4.69) is 10.6 Å². The summed E-state index contributed by atoms with van der Waals surface area (Å²) >= 11 is 0. The van der Waals surface area contributed by atoms with Crippen LogP contribution in [0.3, 0.4) is 0 Å². The zero-order valence-electron chi connectivity index (χ0n) is 12.4. The van der Waals surface area contributed by atoms with Crippen molar-refractivity contribution >= 4 is 17.9 Å². The van der Waals surface area contributed by atoms with Crippen molar-refractivity contribution in [1.29, 1.82) is 0 Å². The maximum atomic E-state index is 12.0. The molecule has 0 bridgehead atoms. The SMILES string of the molecule is COCCNC(=O)C(C)NC(=O)N(CC(=O)O)CC1CC1. The van der Waals surface area contributed by atoms with E-state index in [0.29, 0.717) is 25.6 Å². The highest BCUT2D eigenvalue weighted by atomic mass is 16.5. The molecule has 0 spiro atoms. The zero-order chi connectivity index (χ0) is 15.8. The van der Waals surface area contributed by atoms with Crippen molar-refractivity contribution in [1.82, 2.24) is 15.5 Å². The lowest BCUT2D eigenvalue weighted by Gasteiger charge is -2.23. The van der Waals surface area contributed by atoms with Gasteiger partial charge in [0.2, 0.25) is 5.91 Å². The summed E-state index contributed by atoms with van der Waals surface area (Å²) in [7, 11) is 1.53. The van der Waals surface area contributed by atoms with Gasteiger partial charge in [-0.25, -0.2) is 4.79 Å². The molecule has 3 N–H and O–H groups in total. The molecule has 0 heterocycles. The average Bonchev–Trinajstić information content (AvgIpc) is 3.21. The van der Waals surface area contributed by atoms with Crippen LogP contribution in [0, 0.1) is 5.92 Å². The van der Waals surface area contributed by atoms with Crippen LogP contribution < -0.4 is 10.6 Å². The van der Waals surface area contributed by atoms with Crippen LogP contribution >= 0.6 is 0 Å². The summed E-state index contributed by atoms with van der Waals surface area (Å²) in [6.07, 6.45) is 2.02. The largest absolute Gasteiger partial charge is 0.480 e. The number of rotatable bonds is 9. The standard InChI is InChI=1S/C13H23N3O5/c1-9(12(19)14-5-6-21-2)15-13(20)16(8-11(17)18)7-10-3-4-10/h9-10H,3-8H2,1-2H3,(H,14,19)(H,15,20)(H,17,18). The molecule has 8 nitrogen and oxygen atoms in total. The van der Waals surface area contributed by atoms with E-state index in [-0.39, 0.29) is 12.5 Å². The molecule has 1 atom stereocenters. The maximum Gasteiger partial charge on any atom is 0.323 e. The number of amides is 3. The first kappa shape index (κ1) is 17.2. The van der Waals surface area contributed by atoms with Gasteiger partial charge in [0.05, 0.1) is 6.61 Å². The van der Waals surface area contributed by atoms with Crippen LogP contribution in [0.5, 0.6) is 0 Å². The lowest BCUT2D eigenvalue weighted by Crippen LogP contribution is -2.51. The second kappa shape index (κ2) is 8.46. The first-order valence-corrected chi connectivity index (χ1v) is 6.98. The Bertz CT molecular complexity index is 384. The molecule has 1 saturated carbocycles. The Morgan fingerprint density at radius 3 is 2.57 bits per heavy atom. The van der Waals surface area contributed by atoms with Gasteiger partial charge in [-0.2, -0.15) is 0 Å². The number of hydrogen-bond acceptors (Lipinski definition) is 4. The van der Waals surface area contributed by atoms with Gasteiger partial charge in [0.25, 0.3) is 0 Å². The fourth-order valence-corrected chi connectivity index (χ4v) is 1.77. The van der Waals surface area contributed by atoms with Crippen molar-refractivity contribution < 1.29 is 24.2 Å². The molecule has 1 rings (SSSR count). The van der Waals surface area contributed by atoms with Crippen LogP contribution in [0.15, 0.2) is 0 Å². The third-order valence-corrected chi connectivity index (χ3v) is 3.13. The minimum Gasteiger partial charge on any atom is -0.480 e. The van der Waals surface area contributed by atoms with Crippen LogP contribution in [0.2, 0.25) is 0 Å². The van der Waals surface area contributed by atoms with Gasteiger partial charge in [0.15, 0.2) is 0 Å². The smallest absolute Gasteiger partial charge is 0.323 e. The Balaban J connectivity index is 2.42. The van der Waals surface area contributed by atoms with E-state index in [4.69, 9.17) is 9.84 Å². The van der Waals surface area contributed by atoms with Crippen LogP contribution in [-0.4, -0.2) is 67.3 Å². The second-order valence-electron chi connectivity index (χ2n) is 5.17. The van der Waals surface area contributed by atoms with E-state index in [1.54, 1.807) is 6.92 Å². The topological polar surface area (TPSA) is 108 Å². The average molecular weight is 301 g/mol. The molecule has 21 heavy (non-hydrogen) atoms. The summed E-state index contributed by atoms with van der Waals surface area (Å²) in [5.41, 5.74) is 0. The molecule has 3 amide bonds. The molecular weight excluding hydrogens is 278 g/mol. The van der Waals surface area contributed by atoms with Gasteiger partial charge in [-0.1, -0.05) is 0 Å². The number of carbonyl (C=O) groups is 3. The highest BCUT2D eigenvalue weighted by molar-refractivity contribution is 5.87. The van der Waals surface area contributed by atoms with E-state index in [1.807, 2.05) is 0 Å². The first-order valence-electron chi connectivity index (χ1n) is 6.98. The molecule has 0 radical (unpaired) electrons. The molecule has 120 valence electrons. The Kier molecular flexibility index (Phi) is 6.93. The summed E-state index contributed by atoms with van der Waals surface area (Å²) in [6, 6.07) is -1.26. The van der Waals surface area contributed by atoms with Crippen molar-refractivity contribution in [2.75, 3.05) is 33.4 Å². The molecule has 1 aliphatic carbocycles. The molecule has 0 aromatic heterocycles. The van der Waals surface area contributed by atoms with Crippen molar-refractivity contribution in [2.24, 2.45) is 5.92 Å². The minimum atomic E-state index is -1.07. The number of carboxylic acids is 1. The number of aliphatic carboxylic acids is 1. The molecule has 0 saturated heterocycles. The first-order chi connectivity index (χ1) is 9.93. The van der Waals surface area contributed by atoms with Crippen LogP contribution in [0.25, 0.3) is 0 Å². The summed E-state index contributed by atoms with van der Waals surface area (Å²) in [6.45, 7) is 2.35. The maximum absolute atomic E-state index is 12.0. The lowest BCUT2D eigenvalue weighted by molar-refractivity contribution is -0.137. The van der Waals surface area contributed by atoms with E-state index in [0.717, 1.165) is 12.8 Å². The quantitative estimate of drug-likeness (QED) is 0.504. The normalized spacial score (nSPS) is 15.1. The molecule has 8 heteroatoms. The lowest BCUT2D eigenvalue weighted by atomic mass is 10.3. The number of nitrogens with one attached hydrogen (secondary N) is 2. The Labute approximate surface area is 123 Å². The number of hydrogen-bond donors (Lipinski definition) is 3. The van der Waals surface area contributed by atoms with Gasteiger partial charge in [0, 0.05) is 20.2 Å². The predicted octanol–water partition coefficient (Wildman–Crippen LogP) is -0.356. The molecule has 1 unspecified atom stereocenters. The molecule has 1 fully saturated rings. The van der Waals surface area contributed by atoms with Crippen LogP contribution in [0.1, 0.15) is 19.8 Å². The molecular formula is C13H23N3O5. The van der Waals surface area contributed by atoms with Crippen LogP contribution in [-0.2, 0) is 14.3 Å². The summed E-state index contributed by atoms with van der Waals surface area (Å²) in [4.78, 5) is 35.8. The Morgan fingerprint density at radius 1 is 1.38 bits per heavy atom. The zero-order valence-corrected chi connectivity index (χ0v) is 12.4. The predicted molar refractivity (Wildman–Crippen MR) is 74.8 cm³/mol. The monoisotopic (exact) mass is 301 g/mol. The molecule has 1 aliphatic rings. The fraction of sp³-hybridized carbons (Fsp3) is 0.769.